The molecule has 0 saturated carbocycles. The largest absolute Gasteiger partial charge is 0.325 e. The summed E-state index contributed by atoms with van der Waals surface area (Å²) in [6.07, 6.45) is 4.90. The number of carbonyl (C=O) groups excluding carboxylic acids is 1. The van der Waals surface area contributed by atoms with Gasteiger partial charge in [0.1, 0.15) is 9.84 Å². The molecule has 0 bridgehead atoms. The van der Waals surface area contributed by atoms with E-state index < -0.39 is 9.84 Å². The zero-order valence-electron chi connectivity index (χ0n) is 11.5. The average Bonchev–Trinajstić information content (AvgIpc) is 2.59. The van der Waals surface area contributed by atoms with E-state index >= 15 is 0 Å². The number of amides is 1. The fourth-order valence-corrected chi connectivity index (χ4v) is 2.76. The zero-order chi connectivity index (χ0) is 13.8. The van der Waals surface area contributed by atoms with Crippen molar-refractivity contribution in [1.82, 2.24) is 10.2 Å². The number of rotatable bonds is 7. The second-order valence-corrected chi connectivity index (χ2v) is 7.21. The maximum atomic E-state index is 12.2. The zero-order valence-corrected chi connectivity index (χ0v) is 12.3. The smallest absolute Gasteiger partial charge is 0.241 e. The Kier molecular flexibility index (Phi) is 5.59. The third kappa shape index (κ3) is 4.24. The SMILES string of the molecule is CCCCC1NC(CC)N(CCS(C)(=O)=O)C1=O. The van der Waals surface area contributed by atoms with Crippen molar-refractivity contribution in [2.45, 2.75) is 51.7 Å². The summed E-state index contributed by atoms with van der Waals surface area (Å²) < 4.78 is 22.4. The predicted octanol–water partition coefficient (Wildman–Crippen LogP) is 0.758. The molecule has 1 amide bonds. The predicted molar refractivity (Wildman–Crippen MR) is 72.0 cm³/mol. The van der Waals surface area contributed by atoms with Gasteiger partial charge in [0.25, 0.3) is 0 Å². The van der Waals surface area contributed by atoms with E-state index in [1.54, 1.807) is 4.90 Å². The highest BCUT2D eigenvalue weighted by Crippen LogP contribution is 2.17. The number of unbranched alkanes of at least 4 members (excludes halogenated alkanes) is 1. The number of hydrogen-bond donors (Lipinski definition) is 1. The molecule has 18 heavy (non-hydrogen) atoms. The van der Waals surface area contributed by atoms with Gasteiger partial charge in [0.15, 0.2) is 0 Å². The molecule has 0 aromatic rings. The van der Waals surface area contributed by atoms with Crippen molar-refractivity contribution in [2.75, 3.05) is 18.6 Å². The minimum Gasteiger partial charge on any atom is -0.325 e. The van der Waals surface area contributed by atoms with Gasteiger partial charge < -0.3 is 4.90 Å². The third-order valence-corrected chi connectivity index (χ3v) is 4.21. The molecule has 0 aliphatic carbocycles. The van der Waals surface area contributed by atoms with E-state index in [2.05, 4.69) is 12.2 Å². The summed E-state index contributed by atoms with van der Waals surface area (Å²) >= 11 is 0. The monoisotopic (exact) mass is 276 g/mol. The van der Waals surface area contributed by atoms with E-state index in [4.69, 9.17) is 0 Å². The molecule has 2 unspecified atom stereocenters. The van der Waals surface area contributed by atoms with Gasteiger partial charge in [-0.3, -0.25) is 10.1 Å². The Balaban J connectivity index is 2.62. The molecule has 1 rings (SSSR count). The van der Waals surface area contributed by atoms with Crippen LogP contribution in [-0.2, 0) is 14.6 Å². The third-order valence-electron chi connectivity index (χ3n) is 3.29. The van der Waals surface area contributed by atoms with Crippen molar-refractivity contribution in [3.05, 3.63) is 0 Å². The first kappa shape index (κ1) is 15.4. The lowest BCUT2D eigenvalue weighted by atomic mass is 10.1. The average molecular weight is 276 g/mol. The van der Waals surface area contributed by atoms with Crippen molar-refractivity contribution in [3.8, 4) is 0 Å². The lowest BCUT2D eigenvalue weighted by Gasteiger charge is -2.22. The van der Waals surface area contributed by atoms with Crippen molar-refractivity contribution < 1.29 is 13.2 Å². The Labute approximate surface area is 110 Å². The van der Waals surface area contributed by atoms with Gasteiger partial charge in [-0.2, -0.15) is 0 Å². The minimum absolute atomic E-state index is 0.0129. The van der Waals surface area contributed by atoms with E-state index in [1.165, 1.54) is 6.26 Å². The minimum atomic E-state index is -3.02. The fraction of sp³-hybridized carbons (Fsp3) is 0.917. The van der Waals surface area contributed by atoms with E-state index in [1.807, 2.05) is 6.92 Å². The second kappa shape index (κ2) is 6.52. The Morgan fingerprint density at radius 3 is 2.50 bits per heavy atom. The molecular formula is C12H24N2O3S. The molecule has 2 atom stereocenters. The molecule has 1 aliphatic rings. The topological polar surface area (TPSA) is 66.5 Å². The van der Waals surface area contributed by atoms with Crippen molar-refractivity contribution in [1.29, 1.82) is 0 Å². The summed E-state index contributed by atoms with van der Waals surface area (Å²) in [5.74, 6) is 0.0937. The van der Waals surface area contributed by atoms with Crippen LogP contribution in [0.3, 0.4) is 0 Å². The summed E-state index contributed by atoms with van der Waals surface area (Å²) in [6.45, 7) is 4.39. The van der Waals surface area contributed by atoms with Crippen LogP contribution < -0.4 is 5.32 Å². The van der Waals surface area contributed by atoms with Gasteiger partial charge in [-0.15, -0.1) is 0 Å². The molecule has 1 aliphatic heterocycles. The van der Waals surface area contributed by atoms with Crippen LogP contribution >= 0.6 is 0 Å². The van der Waals surface area contributed by atoms with Crippen LogP contribution in [-0.4, -0.2) is 50.0 Å². The van der Waals surface area contributed by atoms with Crippen LogP contribution in [0.4, 0.5) is 0 Å². The molecule has 1 fully saturated rings. The van der Waals surface area contributed by atoms with Crippen LogP contribution in [0.25, 0.3) is 0 Å². The summed E-state index contributed by atoms with van der Waals surface area (Å²) in [5, 5.41) is 3.29. The van der Waals surface area contributed by atoms with E-state index in [-0.39, 0.29) is 23.9 Å². The highest BCUT2D eigenvalue weighted by molar-refractivity contribution is 7.90. The first-order chi connectivity index (χ1) is 8.39. The first-order valence-corrected chi connectivity index (χ1v) is 8.69. The van der Waals surface area contributed by atoms with Gasteiger partial charge >= 0.3 is 0 Å². The number of nitrogens with zero attached hydrogens (tertiary/aromatic N) is 1. The molecule has 0 aromatic heterocycles. The van der Waals surface area contributed by atoms with Crippen molar-refractivity contribution in [3.63, 3.8) is 0 Å². The molecular weight excluding hydrogens is 252 g/mol. The maximum absolute atomic E-state index is 12.2. The lowest BCUT2D eigenvalue weighted by Crippen LogP contribution is -2.39. The molecule has 0 radical (unpaired) electrons. The van der Waals surface area contributed by atoms with Gasteiger partial charge in [0, 0.05) is 12.8 Å². The number of sulfone groups is 1. The molecule has 0 aromatic carbocycles. The molecule has 1 heterocycles. The standard InChI is InChI=1S/C12H24N2O3S/c1-4-6-7-10-12(15)14(11(5-2)13-10)8-9-18(3,16)17/h10-11,13H,4-9H2,1-3H3. The van der Waals surface area contributed by atoms with Gasteiger partial charge in [-0.05, 0) is 12.8 Å². The summed E-state index contributed by atoms with van der Waals surface area (Å²) in [7, 11) is -3.02. The lowest BCUT2D eigenvalue weighted by molar-refractivity contribution is -0.129. The first-order valence-electron chi connectivity index (χ1n) is 6.63. The van der Waals surface area contributed by atoms with Crippen LogP contribution in [0, 0.1) is 0 Å². The maximum Gasteiger partial charge on any atom is 0.241 e. The summed E-state index contributed by atoms with van der Waals surface area (Å²) in [6, 6.07) is -0.130. The normalized spacial score (nSPS) is 24.8. The Morgan fingerprint density at radius 2 is 2.00 bits per heavy atom. The number of nitrogens with one attached hydrogen (secondary N) is 1. The molecule has 1 saturated heterocycles. The Bertz CT molecular complexity index is 381. The quantitative estimate of drug-likeness (QED) is 0.745. The van der Waals surface area contributed by atoms with Gasteiger partial charge in [-0.1, -0.05) is 26.7 Å². The van der Waals surface area contributed by atoms with E-state index in [0.717, 1.165) is 25.7 Å². The van der Waals surface area contributed by atoms with Crippen LogP contribution in [0.1, 0.15) is 39.5 Å². The highest BCUT2D eigenvalue weighted by atomic mass is 32.2. The van der Waals surface area contributed by atoms with Crippen LogP contribution in [0.5, 0.6) is 0 Å². The molecule has 6 heteroatoms. The Hall–Kier alpha value is -0.620. The molecule has 5 nitrogen and oxygen atoms in total. The summed E-state index contributed by atoms with van der Waals surface area (Å²) in [5.41, 5.74) is 0. The molecule has 0 spiro atoms. The number of hydrogen-bond acceptors (Lipinski definition) is 4. The fourth-order valence-electron chi connectivity index (χ4n) is 2.23. The highest BCUT2D eigenvalue weighted by Gasteiger charge is 2.37. The molecule has 106 valence electrons. The van der Waals surface area contributed by atoms with E-state index in [0.29, 0.717) is 6.54 Å². The van der Waals surface area contributed by atoms with Gasteiger partial charge in [-0.25, -0.2) is 8.42 Å². The van der Waals surface area contributed by atoms with Crippen LogP contribution in [0.15, 0.2) is 0 Å². The second-order valence-electron chi connectivity index (χ2n) is 4.95. The van der Waals surface area contributed by atoms with E-state index in [9.17, 15) is 13.2 Å². The summed E-state index contributed by atoms with van der Waals surface area (Å²) in [4.78, 5) is 13.8. The van der Waals surface area contributed by atoms with Gasteiger partial charge in [0.2, 0.25) is 5.91 Å². The molecule has 1 N–H and O–H groups in total. The van der Waals surface area contributed by atoms with Crippen LogP contribution in [0.2, 0.25) is 0 Å². The van der Waals surface area contributed by atoms with Gasteiger partial charge in [0.05, 0.1) is 18.0 Å². The Morgan fingerprint density at radius 1 is 1.33 bits per heavy atom. The van der Waals surface area contributed by atoms with Crippen molar-refractivity contribution >= 4 is 15.7 Å². The number of carbonyl (C=O) groups is 1. The van der Waals surface area contributed by atoms with Crippen molar-refractivity contribution in [2.24, 2.45) is 0 Å².